The van der Waals surface area contributed by atoms with Crippen molar-refractivity contribution in [3.05, 3.63) is 35.8 Å². The quantitative estimate of drug-likeness (QED) is 0.880. The number of aromatic nitrogens is 2. The molecule has 4 atom stereocenters. The summed E-state index contributed by atoms with van der Waals surface area (Å²) in [7, 11) is 0. The van der Waals surface area contributed by atoms with Crippen molar-refractivity contribution in [1.82, 2.24) is 19.2 Å². The van der Waals surface area contributed by atoms with Gasteiger partial charge in [-0.15, -0.1) is 0 Å². The second kappa shape index (κ2) is 6.60. The number of carbonyl (C=O) groups is 1. The largest absolute Gasteiger partial charge is 0.391 e. The zero-order chi connectivity index (χ0) is 18.5. The van der Waals surface area contributed by atoms with Gasteiger partial charge in [-0.25, -0.2) is 4.98 Å². The van der Waals surface area contributed by atoms with Gasteiger partial charge in [0.1, 0.15) is 5.65 Å². The minimum Gasteiger partial charge on any atom is -0.391 e. The molecule has 2 saturated heterocycles. The number of likely N-dealkylation sites (tertiary alicyclic amines) is 2. The van der Waals surface area contributed by atoms with Crippen LogP contribution in [0.4, 0.5) is 0 Å². The lowest BCUT2D eigenvalue weighted by Gasteiger charge is -2.40. The number of aliphatic hydroxyl groups is 1. The molecule has 0 aromatic carbocycles. The molecular weight excluding hydrogens is 340 g/mol. The zero-order valence-electron chi connectivity index (χ0n) is 15.9. The number of amides is 1. The van der Waals surface area contributed by atoms with Crippen molar-refractivity contribution in [2.75, 3.05) is 26.2 Å². The van der Waals surface area contributed by atoms with E-state index in [9.17, 15) is 9.90 Å². The SMILES string of the molecule is Cc1cn2cccc(C(=O)N3C[C@H]4C[C@@H](N5CCCC5)[C@H](O)C[C@H]4C3)c2n1. The van der Waals surface area contributed by atoms with E-state index in [1.165, 1.54) is 12.8 Å². The molecule has 5 rings (SSSR count). The lowest BCUT2D eigenvalue weighted by molar-refractivity contribution is -0.000864. The average Bonchev–Trinajstić information content (AvgIpc) is 3.37. The van der Waals surface area contributed by atoms with Crippen LogP contribution in [-0.4, -0.2) is 68.5 Å². The van der Waals surface area contributed by atoms with Crippen LogP contribution < -0.4 is 0 Å². The van der Waals surface area contributed by atoms with E-state index in [0.717, 1.165) is 50.4 Å². The number of aryl methyl sites for hydroxylation is 1. The molecule has 6 nitrogen and oxygen atoms in total. The maximum Gasteiger partial charge on any atom is 0.257 e. The highest BCUT2D eigenvalue weighted by Crippen LogP contribution is 2.39. The molecule has 6 heteroatoms. The average molecular weight is 368 g/mol. The van der Waals surface area contributed by atoms with E-state index in [1.54, 1.807) is 0 Å². The van der Waals surface area contributed by atoms with Crippen molar-refractivity contribution < 1.29 is 9.90 Å². The van der Waals surface area contributed by atoms with Gasteiger partial charge in [0, 0.05) is 31.5 Å². The Morgan fingerprint density at radius 3 is 2.70 bits per heavy atom. The van der Waals surface area contributed by atoms with Crippen molar-refractivity contribution in [2.24, 2.45) is 11.8 Å². The first-order chi connectivity index (χ1) is 13.1. The van der Waals surface area contributed by atoms with Gasteiger partial charge >= 0.3 is 0 Å². The number of aliphatic hydroxyl groups excluding tert-OH is 1. The van der Waals surface area contributed by atoms with Crippen molar-refractivity contribution >= 4 is 11.6 Å². The van der Waals surface area contributed by atoms with Gasteiger partial charge in [0.25, 0.3) is 5.91 Å². The summed E-state index contributed by atoms with van der Waals surface area (Å²) in [5.41, 5.74) is 2.34. The number of imidazole rings is 1. The summed E-state index contributed by atoms with van der Waals surface area (Å²) in [5, 5.41) is 10.7. The van der Waals surface area contributed by atoms with E-state index >= 15 is 0 Å². The normalized spacial score (nSPS) is 31.6. The lowest BCUT2D eigenvalue weighted by Crippen LogP contribution is -2.48. The molecule has 0 unspecified atom stereocenters. The van der Waals surface area contributed by atoms with Crippen molar-refractivity contribution in [3.8, 4) is 0 Å². The molecule has 1 aliphatic carbocycles. The molecule has 0 spiro atoms. The van der Waals surface area contributed by atoms with Gasteiger partial charge < -0.3 is 14.4 Å². The molecule has 3 fully saturated rings. The number of nitrogens with zero attached hydrogens (tertiary/aromatic N) is 4. The van der Waals surface area contributed by atoms with Crippen LogP contribution in [0, 0.1) is 18.8 Å². The van der Waals surface area contributed by atoms with Gasteiger partial charge in [0.15, 0.2) is 0 Å². The molecule has 0 bridgehead atoms. The molecule has 2 aliphatic heterocycles. The van der Waals surface area contributed by atoms with Crippen LogP contribution in [0.2, 0.25) is 0 Å². The number of fused-ring (bicyclic) bond motifs is 2. The van der Waals surface area contributed by atoms with Crippen LogP contribution in [-0.2, 0) is 0 Å². The summed E-state index contributed by atoms with van der Waals surface area (Å²) >= 11 is 0. The van der Waals surface area contributed by atoms with E-state index in [0.29, 0.717) is 17.4 Å². The highest BCUT2D eigenvalue weighted by Gasteiger charge is 2.45. The predicted molar refractivity (Wildman–Crippen MR) is 103 cm³/mol. The molecule has 144 valence electrons. The van der Waals surface area contributed by atoms with Gasteiger partial charge in [-0.1, -0.05) is 0 Å². The van der Waals surface area contributed by atoms with Crippen molar-refractivity contribution in [1.29, 1.82) is 0 Å². The smallest absolute Gasteiger partial charge is 0.257 e. The zero-order valence-corrected chi connectivity index (χ0v) is 15.9. The molecule has 1 saturated carbocycles. The second-order valence-electron chi connectivity index (χ2n) is 8.61. The standard InChI is InChI=1S/C21H28N4O2/c1-14-11-24-8-4-5-17(20(24)22-14)21(27)25-12-15-9-18(23-6-2-3-7-23)19(26)10-16(15)13-25/h4-5,8,11,15-16,18-19,26H,2-3,6-7,9-10,12-13H2,1H3/t15-,16+,18-,19-/m1/s1. The number of carbonyl (C=O) groups excluding carboxylic acids is 1. The minimum absolute atomic E-state index is 0.0767. The van der Waals surface area contributed by atoms with E-state index in [1.807, 2.05) is 40.8 Å². The fourth-order valence-corrected chi connectivity index (χ4v) is 5.51. The number of rotatable bonds is 2. The van der Waals surface area contributed by atoms with Crippen molar-refractivity contribution in [3.63, 3.8) is 0 Å². The molecule has 0 radical (unpaired) electrons. The Balaban J connectivity index is 1.35. The maximum absolute atomic E-state index is 13.2. The van der Waals surface area contributed by atoms with E-state index < -0.39 is 0 Å². The number of hydrogen-bond donors (Lipinski definition) is 1. The van der Waals surface area contributed by atoms with Crippen LogP contribution in [0.3, 0.4) is 0 Å². The predicted octanol–water partition coefficient (Wildman–Crippen LogP) is 1.95. The first kappa shape index (κ1) is 17.2. The molecular formula is C21H28N4O2. The maximum atomic E-state index is 13.2. The van der Waals surface area contributed by atoms with Crippen LogP contribution >= 0.6 is 0 Å². The van der Waals surface area contributed by atoms with Crippen molar-refractivity contribution in [2.45, 2.75) is 44.8 Å². The summed E-state index contributed by atoms with van der Waals surface area (Å²) < 4.78 is 1.93. The molecule has 27 heavy (non-hydrogen) atoms. The number of pyridine rings is 1. The molecule has 1 N–H and O–H groups in total. The first-order valence-electron chi connectivity index (χ1n) is 10.3. The Labute approximate surface area is 159 Å². The number of hydrogen-bond acceptors (Lipinski definition) is 4. The summed E-state index contributed by atoms with van der Waals surface area (Å²) in [4.78, 5) is 22.2. The Morgan fingerprint density at radius 1 is 1.19 bits per heavy atom. The Bertz CT molecular complexity index is 857. The fraction of sp³-hybridized carbons (Fsp3) is 0.619. The van der Waals surface area contributed by atoms with Crippen LogP contribution in [0.15, 0.2) is 24.5 Å². The van der Waals surface area contributed by atoms with E-state index in [4.69, 9.17) is 0 Å². The Hall–Kier alpha value is -1.92. The monoisotopic (exact) mass is 368 g/mol. The second-order valence-corrected chi connectivity index (χ2v) is 8.61. The Morgan fingerprint density at radius 2 is 1.93 bits per heavy atom. The van der Waals surface area contributed by atoms with Crippen LogP contribution in [0.1, 0.15) is 41.7 Å². The highest BCUT2D eigenvalue weighted by molar-refractivity contribution is 6.00. The third-order valence-corrected chi connectivity index (χ3v) is 6.84. The molecule has 3 aliphatic rings. The highest BCUT2D eigenvalue weighted by atomic mass is 16.3. The topological polar surface area (TPSA) is 61.1 Å². The minimum atomic E-state index is -0.252. The summed E-state index contributed by atoms with van der Waals surface area (Å²) in [6.07, 6.45) is 7.97. The lowest BCUT2D eigenvalue weighted by atomic mass is 9.77. The fourth-order valence-electron chi connectivity index (χ4n) is 5.51. The van der Waals surface area contributed by atoms with E-state index in [-0.39, 0.29) is 18.1 Å². The summed E-state index contributed by atoms with van der Waals surface area (Å²) in [6.45, 7) is 5.74. The molecule has 1 amide bonds. The summed E-state index contributed by atoms with van der Waals surface area (Å²) in [6, 6.07) is 4.08. The molecule has 2 aromatic rings. The third kappa shape index (κ3) is 2.95. The van der Waals surface area contributed by atoms with Gasteiger partial charge in [0.05, 0.1) is 17.4 Å². The van der Waals surface area contributed by atoms with Gasteiger partial charge in [-0.2, -0.15) is 0 Å². The first-order valence-corrected chi connectivity index (χ1v) is 10.3. The molecule has 2 aromatic heterocycles. The van der Waals surface area contributed by atoms with Gasteiger partial charge in [-0.3, -0.25) is 9.69 Å². The van der Waals surface area contributed by atoms with Gasteiger partial charge in [0.2, 0.25) is 0 Å². The molecule has 4 heterocycles. The van der Waals surface area contributed by atoms with Crippen LogP contribution in [0.25, 0.3) is 5.65 Å². The van der Waals surface area contributed by atoms with Gasteiger partial charge in [-0.05, 0) is 69.7 Å². The Kier molecular flexibility index (Phi) is 4.20. The van der Waals surface area contributed by atoms with Crippen LogP contribution in [0.5, 0.6) is 0 Å². The van der Waals surface area contributed by atoms with E-state index in [2.05, 4.69) is 9.88 Å². The summed E-state index contributed by atoms with van der Waals surface area (Å²) in [5.74, 6) is 1.00. The third-order valence-electron chi connectivity index (χ3n) is 6.84.